The minimum Gasteiger partial charge on any atom is -0.380 e. The van der Waals surface area contributed by atoms with Crippen molar-refractivity contribution in [3.05, 3.63) is 35.4 Å². The maximum atomic E-state index is 12.6. The number of ether oxygens (including phenoxy) is 1. The zero-order chi connectivity index (χ0) is 13.5. The smallest absolute Gasteiger partial charge is 0.263 e. The van der Waals surface area contributed by atoms with Gasteiger partial charge in [-0.2, -0.15) is 0 Å². The zero-order valence-electron chi connectivity index (χ0n) is 10.7. The Balaban J connectivity index is 2.72. The van der Waals surface area contributed by atoms with Gasteiger partial charge in [-0.3, -0.25) is 0 Å². The minimum absolute atomic E-state index is 0.0209. The molecule has 0 saturated carbocycles. The van der Waals surface area contributed by atoms with Crippen molar-refractivity contribution in [3.63, 3.8) is 0 Å². The molecule has 2 atom stereocenters. The van der Waals surface area contributed by atoms with Gasteiger partial charge in [-0.05, 0) is 18.6 Å². The average molecular weight is 258 g/mol. The van der Waals surface area contributed by atoms with Crippen molar-refractivity contribution in [2.75, 3.05) is 20.2 Å². The van der Waals surface area contributed by atoms with Crippen molar-refractivity contribution in [1.29, 1.82) is 0 Å². The molecule has 0 aliphatic rings. The van der Waals surface area contributed by atoms with Crippen LogP contribution < -0.4 is 11.1 Å². The largest absolute Gasteiger partial charge is 0.380 e. The molecule has 1 aromatic carbocycles. The zero-order valence-corrected chi connectivity index (χ0v) is 10.7. The number of benzene rings is 1. The Bertz CT molecular complexity index is 361. The van der Waals surface area contributed by atoms with Crippen molar-refractivity contribution in [2.24, 2.45) is 5.73 Å². The van der Waals surface area contributed by atoms with E-state index >= 15 is 0 Å². The van der Waals surface area contributed by atoms with Gasteiger partial charge in [-0.15, -0.1) is 0 Å². The molecule has 0 heterocycles. The Labute approximate surface area is 106 Å². The molecule has 18 heavy (non-hydrogen) atoms. The highest BCUT2D eigenvalue weighted by Gasteiger charge is 2.13. The molecule has 102 valence electrons. The highest BCUT2D eigenvalue weighted by Crippen LogP contribution is 2.22. The van der Waals surface area contributed by atoms with Crippen LogP contribution in [0.4, 0.5) is 8.78 Å². The molecule has 0 aromatic heterocycles. The average Bonchev–Trinajstić information content (AvgIpc) is 2.39. The summed E-state index contributed by atoms with van der Waals surface area (Å²) in [6.45, 7) is 2.90. The van der Waals surface area contributed by atoms with Gasteiger partial charge in [0.25, 0.3) is 6.43 Å². The van der Waals surface area contributed by atoms with Gasteiger partial charge in [0.15, 0.2) is 0 Å². The summed E-state index contributed by atoms with van der Waals surface area (Å²) < 4.78 is 30.3. The normalized spacial score (nSPS) is 14.8. The number of hydrogen-bond acceptors (Lipinski definition) is 3. The molecule has 3 N–H and O–H groups in total. The van der Waals surface area contributed by atoms with E-state index in [1.165, 1.54) is 12.1 Å². The predicted octanol–water partition coefficient (Wildman–Crippen LogP) is 2.25. The summed E-state index contributed by atoms with van der Waals surface area (Å²) in [6, 6.07) is 6.20. The Kier molecular flexibility index (Phi) is 6.18. The minimum atomic E-state index is -2.46. The second-order valence-corrected chi connectivity index (χ2v) is 4.21. The third-order valence-electron chi connectivity index (χ3n) is 2.85. The van der Waals surface area contributed by atoms with Gasteiger partial charge in [0.2, 0.25) is 0 Å². The number of nitrogens with two attached hydrogens (primary N) is 1. The van der Waals surface area contributed by atoms with Crippen LogP contribution in [-0.2, 0) is 4.74 Å². The summed E-state index contributed by atoms with van der Waals surface area (Å²) in [7, 11) is 1.63. The summed E-state index contributed by atoms with van der Waals surface area (Å²) in [5, 5.41) is 3.21. The first-order valence-corrected chi connectivity index (χ1v) is 5.92. The monoisotopic (exact) mass is 258 g/mol. The lowest BCUT2D eigenvalue weighted by Gasteiger charge is -2.20. The van der Waals surface area contributed by atoms with Gasteiger partial charge in [0, 0.05) is 31.8 Å². The number of rotatable bonds is 7. The quantitative estimate of drug-likeness (QED) is 0.788. The fraction of sp³-hybridized carbons (Fsp3) is 0.538. The molecule has 5 heteroatoms. The first-order chi connectivity index (χ1) is 8.58. The third-order valence-corrected chi connectivity index (χ3v) is 2.85. The van der Waals surface area contributed by atoms with Crippen LogP contribution in [0.15, 0.2) is 24.3 Å². The second kappa shape index (κ2) is 7.41. The molecule has 1 rings (SSSR count). The summed E-state index contributed by atoms with van der Waals surface area (Å²) in [5.41, 5.74) is 6.47. The van der Waals surface area contributed by atoms with Crippen LogP contribution in [0.5, 0.6) is 0 Å². The Morgan fingerprint density at radius 3 is 2.56 bits per heavy atom. The number of halogens is 2. The van der Waals surface area contributed by atoms with Crippen LogP contribution in [-0.4, -0.2) is 26.3 Å². The Morgan fingerprint density at radius 2 is 2.00 bits per heavy atom. The molecule has 0 aliphatic heterocycles. The molecule has 1 aromatic rings. The van der Waals surface area contributed by atoms with Gasteiger partial charge in [0.05, 0.1) is 6.10 Å². The maximum Gasteiger partial charge on any atom is 0.263 e. The van der Waals surface area contributed by atoms with E-state index in [2.05, 4.69) is 5.32 Å². The van der Waals surface area contributed by atoms with Crippen LogP contribution in [0.3, 0.4) is 0 Å². The summed E-state index contributed by atoms with van der Waals surface area (Å²) in [6.07, 6.45) is -2.40. The molecule has 0 aliphatic carbocycles. The molecule has 0 saturated heterocycles. The molecule has 2 unspecified atom stereocenters. The van der Waals surface area contributed by atoms with E-state index in [0.717, 1.165) is 5.56 Å². The van der Waals surface area contributed by atoms with Crippen molar-refractivity contribution >= 4 is 0 Å². The molecular weight excluding hydrogens is 238 g/mol. The molecule has 0 amide bonds. The highest BCUT2D eigenvalue weighted by molar-refractivity contribution is 5.27. The predicted molar refractivity (Wildman–Crippen MR) is 67.7 cm³/mol. The van der Waals surface area contributed by atoms with E-state index in [0.29, 0.717) is 13.1 Å². The van der Waals surface area contributed by atoms with Crippen LogP contribution in [0.25, 0.3) is 0 Å². The van der Waals surface area contributed by atoms with Gasteiger partial charge in [0.1, 0.15) is 0 Å². The van der Waals surface area contributed by atoms with Gasteiger partial charge in [-0.1, -0.05) is 18.2 Å². The summed E-state index contributed by atoms with van der Waals surface area (Å²) >= 11 is 0. The van der Waals surface area contributed by atoms with E-state index in [1.807, 2.05) is 6.92 Å². The summed E-state index contributed by atoms with van der Waals surface area (Å²) in [4.78, 5) is 0. The topological polar surface area (TPSA) is 47.3 Å². The number of methoxy groups -OCH3 is 1. The van der Waals surface area contributed by atoms with Crippen LogP contribution >= 0.6 is 0 Å². The first kappa shape index (κ1) is 15.0. The number of alkyl halides is 2. The summed E-state index contributed by atoms with van der Waals surface area (Å²) in [5.74, 6) is 0. The molecule has 3 nitrogen and oxygen atoms in total. The molecule has 0 fully saturated rings. The van der Waals surface area contributed by atoms with E-state index in [4.69, 9.17) is 10.5 Å². The Morgan fingerprint density at radius 1 is 1.33 bits per heavy atom. The van der Waals surface area contributed by atoms with Gasteiger partial charge < -0.3 is 15.8 Å². The lowest BCUT2D eigenvalue weighted by atomic mass is 10.0. The van der Waals surface area contributed by atoms with E-state index in [-0.39, 0.29) is 17.7 Å². The van der Waals surface area contributed by atoms with Crippen molar-refractivity contribution in [3.8, 4) is 0 Å². The first-order valence-electron chi connectivity index (χ1n) is 5.92. The van der Waals surface area contributed by atoms with E-state index in [9.17, 15) is 8.78 Å². The second-order valence-electron chi connectivity index (χ2n) is 4.21. The highest BCUT2D eigenvalue weighted by atomic mass is 19.3. The van der Waals surface area contributed by atoms with Crippen molar-refractivity contribution < 1.29 is 13.5 Å². The van der Waals surface area contributed by atoms with Gasteiger partial charge >= 0.3 is 0 Å². The van der Waals surface area contributed by atoms with E-state index in [1.54, 1.807) is 19.2 Å². The molecule has 0 bridgehead atoms. The van der Waals surface area contributed by atoms with Crippen LogP contribution in [0.2, 0.25) is 0 Å². The fourth-order valence-corrected chi connectivity index (χ4v) is 1.64. The number of hydrogen-bond donors (Lipinski definition) is 2. The van der Waals surface area contributed by atoms with Crippen molar-refractivity contribution in [1.82, 2.24) is 5.32 Å². The molecule has 0 radical (unpaired) electrons. The lowest BCUT2D eigenvalue weighted by Crippen LogP contribution is -2.34. The Hall–Kier alpha value is -1.04. The third kappa shape index (κ3) is 4.33. The standard InChI is InChI=1S/C13H20F2N2O/c1-9(18-2)8-17-12(7-16)10-4-3-5-11(6-10)13(14)15/h3-6,9,12-13,17H,7-8,16H2,1-2H3. The van der Waals surface area contributed by atoms with Gasteiger partial charge in [-0.25, -0.2) is 8.78 Å². The molecule has 0 spiro atoms. The SMILES string of the molecule is COC(C)CNC(CN)c1cccc(C(F)F)c1. The lowest BCUT2D eigenvalue weighted by molar-refractivity contribution is 0.114. The number of nitrogens with one attached hydrogen (secondary N) is 1. The van der Waals surface area contributed by atoms with Crippen LogP contribution in [0.1, 0.15) is 30.5 Å². The molecular formula is C13H20F2N2O. The fourth-order valence-electron chi connectivity index (χ4n) is 1.64. The van der Waals surface area contributed by atoms with Crippen LogP contribution in [0, 0.1) is 0 Å². The van der Waals surface area contributed by atoms with E-state index < -0.39 is 6.43 Å². The van der Waals surface area contributed by atoms with Crippen molar-refractivity contribution in [2.45, 2.75) is 25.5 Å². The maximum absolute atomic E-state index is 12.6.